The Morgan fingerprint density at radius 2 is 1.90 bits per heavy atom. The van der Waals surface area contributed by atoms with E-state index >= 15 is 0 Å². The molecule has 1 atom stereocenters. The number of carbonyl (C=O) groups is 2. The minimum Gasteiger partial charge on any atom is -0.324 e. The molecule has 0 aliphatic carbocycles. The van der Waals surface area contributed by atoms with Crippen LogP contribution in [0.5, 0.6) is 0 Å². The van der Waals surface area contributed by atoms with E-state index in [-0.39, 0.29) is 17.9 Å². The largest absolute Gasteiger partial charge is 0.324 e. The first kappa shape index (κ1) is 21.3. The van der Waals surface area contributed by atoms with Crippen molar-refractivity contribution in [3.05, 3.63) is 69.1 Å². The van der Waals surface area contributed by atoms with Gasteiger partial charge in [0.25, 0.3) is 5.91 Å². The topological polar surface area (TPSA) is 87.2 Å². The zero-order valence-electron chi connectivity index (χ0n) is 17.0. The molecule has 3 aromatic rings. The number of anilines is 2. The molecule has 2 heterocycles. The van der Waals surface area contributed by atoms with Crippen LogP contribution in [0, 0.1) is 6.92 Å². The molecule has 9 heteroatoms. The van der Waals surface area contributed by atoms with Gasteiger partial charge in [-0.3, -0.25) is 4.79 Å². The summed E-state index contributed by atoms with van der Waals surface area (Å²) in [5.41, 5.74) is 2.50. The Hall–Kier alpha value is -2.97. The second kappa shape index (κ2) is 9.45. The van der Waals surface area contributed by atoms with Crippen molar-refractivity contribution in [2.75, 3.05) is 23.7 Å². The molecule has 160 valence electrons. The Morgan fingerprint density at radius 1 is 1.10 bits per heavy atom. The van der Waals surface area contributed by atoms with Crippen LogP contribution in [0.25, 0.3) is 0 Å². The van der Waals surface area contributed by atoms with E-state index in [0.29, 0.717) is 34.5 Å². The maximum atomic E-state index is 12.7. The average Bonchev–Trinajstić information content (AvgIpc) is 3.26. The smallest absolute Gasteiger partial charge is 0.321 e. The standard InChI is InChI=1S/C22H22ClN5O2S/c1-14-7-9-17(10-8-14)24-19(29)21-27-26-20(31-21)15-4-3-11-28(13-15)22(30)25-18-6-2-5-16(23)12-18/h2,5-10,12,15H,3-4,11,13H2,1H3,(H,24,29)(H,25,30)/t15-/m1/s1. The minimum absolute atomic E-state index is 0.0530. The highest BCUT2D eigenvalue weighted by molar-refractivity contribution is 7.13. The molecule has 0 saturated carbocycles. The number of carbonyl (C=O) groups excluding carboxylic acids is 2. The number of aromatic nitrogens is 2. The van der Waals surface area contributed by atoms with Gasteiger partial charge in [0.05, 0.1) is 0 Å². The van der Waals surface area contributed by atoms with Crippen molar-refractivity contribution in [2.45, 2.75) is 25.7 Å². The van der Waals surface area contributed by atoms with Crippen LogP contribution in [0.15, 0.2) is 48.5 Å². The fourth-order valence-electron chi connectivity index (χ4n) is 3.44. The minimum atomic E-state index is -0.279. The number of rotatable bonds is 4. The molecule has 1 aliphatic rings. The molecule has 0 spiro atoms. The van der Waals surface area contributed by atoms with Crippen LogP contribution in [0.4, 0.5) is 16.2 Å². The van der Waals surface area contributed by atoms with Crippen molar-refractivity contribution in [1.82, 2.24) is 15.1 Å². The first-order chi connectivity index (χ1) is 15.0. The number of nitrogens with zero attached hydrogens (tertiary/aromatic N) is 3. The summed E-state index contributed by atoms with van der Waals surface area (Å²) < 4.78 is 0. The molecule has 0 unspecified atom stereocenters. The Balaban J connectivity index is 1.38. The molecule has 31 heavy (non-hydrogen) atoms. The second-order valence-corrected chi connectivity index (χ2v) is 8.94. The quantitative estimate of drug-likeness (QED) is 0.568. The zero-order chi connectivity index (χ0) is 21.8. The highest BCUT2D eigenvalue weighted by atomic mass is 35.5. The molecule has 1 aromatic heterocycles. The predicted molar refractivity (Wildman–Crippen MR) is 123 cm³/mol. The van der Waals surface area contributed by atoms with E-state index < -0.39 is 0 Å². The molecule has 3 amide bonds. The maximum absolute atomic E-state index is 12.7. The van der Waals surface area contributed by atoms with E-state index in [1.807, 2.05) is 31.2 Å². The third-order valence-electron chi connectivity index (χ3n) is 5.08. The van der Waals surface area contributed by atoms with E-state index in [4.69, 9.17) is 11.6 Å². The van der Waals surface area contributed by atoms with Crippen molar-refractivity contribution in [3.63, 3.8) is 0 Å². The SMILES string of the molecule is Cc1ccc(NC(=O)c2nnc([C@@H]3CCCN(C(=O)Nc4cccc(Cl)c4)C3)s2)cc1. The average molecular weight is 456 g/mol. The van der Waals surface area contributed by atoms with Crippen LogP contribution in [0.1, 0.15) is 39.1 Å². The van der Waals surface area contributed by atoms with Gasteiger partial charge in [-0.2, -0.15) is 0 Å². The van der Waals surface area contributed by atoms with E-state index in [2.05, 4.69) is 20.8 Å². The number of aryl methyl sites for hydroxylation is 1. The number of hydrogen-bond donors (Lipinski definition) is 2. The monoisotopic (exact) mass is 455 g/mol. The molecule has 0 bridgehead atoms. The van der Waals surface area contributed by atoms with Crippen LogP contribution in [0.3, 0.4) is 0 Å². The Labute approximate surface area is 189 Å². The molecule has 7 nitrogen and oxygen atoms in total. The third kappa shape index (κ3) is 5.39. The second-order valence-electron chi connectivity index (χ2n) is 7.49. The highest BCUT2D eigenvalue weighted by Crippen LogP contribution is 2.30. The van der Waals surface area contributed by atoms with Crippen molar-refractivity contribution < 1.29 is 9.59 Å². The van der Waals surface area contributed by atoms with Gasteiger partial charge in [-0.1, -0.05) is 46.7 Å². The van der Waals surface area contributed by atoms with Gasteiger partial charge in [-0.15, -0.1) is 10.2 Å². The van der Waals surface area contributed by atoms with Gasteiger partial charge in [0.2, 0.25) is 5.01 Å². The number of urea groups is 1. The van der Waals surface area contributed by atoms with E-state index in [1.165, 1.54) is 11.3 Å². The first-order valence-corrected chi connectivity index (χ1v) is 11.2. The summed E-state index contributed by atoms with van der Waals surface area (Å²) in [6, 6.07) is 14.5. The van der Waals surface area contributed by atoms with Crippen LogP contribution in [-0.2, 0) is 0 Å². The lowest BCUT2D eigenvalue weighted by molar-refractivity contribution is 0.102. The van der Waals surface area contributed by atoms with Crippen LogP contribution >= 0.6 is 22.9 Å². The summed E-state index contributed by atoms with van der Waals surface area (Å²) in [6.45, 7) is 3.19. The maximum Gasteiger partial charge on any atom is 0.321 e. The van der Waals surface area contributed by atoms with Crippen molar-refractivity contribution in [3.8, 4) is 0 Å². The fraction of sp³-hybridized carbons (Fsp3) is 0.273. The molecule has 1 aliphatic heterocycles. The molecular formula is C22H22ClN5O2S. The summed E-state index contributed by atoms with van der Waals surface area (Å²) in [5.74, 6) is -0.226. The Morgan fingerprint density at radius 3 is 2.68 bits per heavy atom. The highest BCUT2D eigenvalue weighted by Gasteiger charge is 2.28. The van der Waals surface area contributed by atoms with Crippen LogP contribution < -0.4 is 10.6 Å². The van der Waals surface area contributed by atoms with E-state index in [0.717, 1.165) is 23.4 Å². The lowest BCUT2D eigenvalue weighted by Crippen LogP contribution is -2.41. The summed E-state index contributed by atoms with van der Waals surface area (Å²) >= 11 is 7.27. The van der Waals surface area contributed by atoms with Gasteiger partial charge in [0, 0.05) is 35.4 Å². The van der Waals surface area contributed by atoms with Gasteiger partial charge in [0.1, 0.15) is 5.01 Å². The molecule has 2 aromatic carbocycles. The van der Waals surface area contributed by atoms with Gasteiger partial charge >= 0.3 is 6.03 Å². The fourth-order valence-corrected chi connectivity index (χ4v) is 4.50. The zero-order valence-corrected chi connectivity index (χ0v) is 18.5. The molecule has 1 saturated heterocycles. The summed E-state index contributed by atoms with van der Waals surface area (Å²) in [6.07, 6.45) is 1.76. The number of nitrogens with one attached hydrogen (secondary N) is 2. The molecule has 4 rings (SSSR count). The van der Waals surface area contributed by atoms with Gasteiger partial charge in [-0.05, 0) is 50.1 Å². The van der Waals surface area contributed by atoms with Gasteiger partial charge in [0.15, 0.2) is 0 Å². The molecule has 1 fully saturated rings. The van der Waals surface area contributed by atoms with Crippen molar-refractivity contribution >= 4 is 46.3 Å². The summed E-state index contributed by atoms with van der Waals surface area (Å²) in [5, 5.41) is 15.7. The molecular weight excluding hydrogens is 434 g/mol. The first-order valence-electron chi connectivity index (χ1n) is 10.0. The number of amides is 3. The molecule has 0 radical (unpaired) electrons. The summed E-state index contributed by atoms with van der Waals surface area (Å²) in [4.78, 5) is 26.9. The predicted octanol–water partition coefficient (Wildman–Crippen LogP) is 5.16. The van der Waals surface area contributed by atoms with Crippen molar-refractivity contribution in [1.29, 1.82) is 0 Å². The number of piperidine rings is 1. The normalized spacial score (nSPS) is 16.1. The van der Waals surface area contributed by atoms with E-state index in [9.17, 15) is 9.59 Å². The van der Waals surface area contributed by atoms with Crippen molar-refractivity contribution in [2.24, 2.45) is 0 Å². The number of benzene rings is 2. The Kier molecular flexibility index (Phi) is 6.48. The third-order valence-corrected chi connectivity index (χ3v) is 6.40. The Bertz CT molecular complexity index is 1090. The summed E-state index contributed by atoms with van der Waals surface area (Å²) in [7, 11) is 0. The number of halogens is 1. The lowest BCUT2D eigenvalue weighted by Gasteiger charge is -2.31. The van der Waals surface area contributed by atoms with E-state index in [1.54, 1.807) is 29.2 Å². The van der Waals surface area contributed by atoms with Crippen LogP contribution in [0.2, 0.25) is 5.02 Å². The lowest BCUT2D eigenvalue weighted by atomic mass is 9.99. The van der Waals surface area contributed by atoms with Gasteiger partial charge < -0.3 is 15.5 Å². The van der Waals surface area contributed by atoms with Gasteiger partial charge in [-0.25, -0.2) is 4.79 Å². The van der Waals surface area contributed by atoms with Crippen LogP contribution in [-0.4, -0.2) is 40.1 Å². The number of hydrogen-bond acceptors (Lipinski definition) is 5. The molecule has 2 N–H and O–H groups in total. The number of likely N-dealkylation sites (tertiary alicyclic amines) is 1.